The zero-order valence-corrected chi connectivity index (χ0v) is 24.8. The number of nitrogens with one attached hydrogen (secondary N) is 2. The van der Waals surface area contributed by atoms with E-state index in [1.807, 2.05) is 91.9 Å². The van der Waals surface area contributed by atoms with Crippen molar-refractivity contribution in [2.75, 3.05) is 13.1 Å². The number of urea groups is 1. The van der Waals surface area contributed by atoms with Crippen LogP contribution in [0.2, 0.25) is 0 Å². The molecule has 0 aromatic heterocycles. The monoisotopic (exact) mass is 604 g/mol. The van der Waals surface area contributed by atoms with Gasteiger partial charge in [-0.15, -0.1) is 0 Å². The zero-order chi connectivity index (χ0) is 31.3. The topological polar surface area (TPSA) is 91.0 Å². The van der Waals surface area contributed by atoms with Crippen LogP contribution < -0.4 is 15.4 Å². The number of halogens is 1. The average molecular weight is 605 g/mol. The smallest absolute Gasteiger partial charge is 0.322 e. The van der Waals surface area contributed by atoms with Gasteiger partial charge < -0.3 is 20.3 Å². The number of hydrogen-bond donors (Lipinski definition) is 2. The van der Waals surface area contributed by atoms with Crippen molar-refractivity contribution in [3.63, 3.8) is 0 Å². The molecule has 2 aliphatic rings. The molecule has 45 heavy (non-hydrogen) atoms. The Morgan fingerprint density at radius 3 is 2.33 bits per heavy atom. The maximum absolute atomic E-state index is 14.4. The van der Waals surface area contributed by atoms with Crippen LogP contribution >= 0.6 is 0 Å². The Labute approximate surface area is 261 Å². The summed E-state index contributed by atoms with van der Waals surface area (Å²) in [5.41, 5.74) is 3.16. The van der Waals surface area contributed by atoms with Crippen LogP contribution in [0, 0.1) is 5.82 Å². The fourth-order valence-electron chi connectivity index (χ4n) is 5.87. The second kappa shape index (κ2) is 13.1. The highest BCUT2D eigenvalue weighted by molar-refractivity contribution is 6.03. The number of ether oxygens (including phenoxy) is 1. The van der Waals surface area contributed by atoms with Gasteiger partial charge in [0, 0.05) is 19.5 Å². The summed E-state index contributed by atoms with van der Waals surface area (Å²) in [6.45, 7) is 2.40. The first kappa shape index (κ1) is 29.6. The van der Waals surface area contributed by atoms with E-state index < -0.39 is 17.9 Å². The summed E-state index contributed by atoms with van der Waals surface area (Å²) >= 11 is 0. The Balaban J connectivity index is 1.31. The molecule has 0 unspecified atom stereocenters. The maximum atomic E-state index is 14.4. The van der Waals surface area contributed by atoms with Gasteiger partial charge in [0.15, 0.2) is 0 Å². The second-order valence-electron chi connectivity index (χ2n) is 11.0. The van der Waals surface area contributed by atoms with Gasteiger partial charge >= 0.3 is 6.03 Å². The lowest BCUT2D eigenvalue weighted by molar-refractivity contribution is -0.136. The van der Waals surface area contributed by atoms with Crippen LogP contribution in [0.25, 0.3) is 0 Å². The molecule has 228 valence electrons. The summed E-state index contributed by atoms with van der Waals surface area (Å²) in [5.74, 6) is 0.137. The third kappa shape index (κ3) is 6.43. The number of amides is 4. The lowest BCUT2D eigenvalue weighted by Gasteiger charge is -2.33. The Bertz CT molecular complexity index is 1740. The van der Waals surface area contributed by atoms with Crippen molar-refractivity contribution in [3.8, 4) is 11.5 Å². The van der Waals surface area contributed by atoms with Crippen molar-refractivity contribution >= 4 is 17.8 Å². The highest BCUT2D eigenvalue weighted by Gasteiger charge is 2.46. The largest absolute Gasteiger partial charge is 0.457 e. The normalized spacial score (nSPS) is 16.7. The number of carbonyl (C=O) groups is 3. The molecule has 8 nitrogen and oxygen atoms in total. The first-order chi connectivity index (χ1) is 21.9. The molecule has 9 heteroatoms. The van der Waals surface area contributed by atoms with E-state index in [1.54, 1.807) is 21.9 Å². The second-order valence-corrected chi connectivity index (χ2v) is 11.0. The fourth-order valence-corrected chi connectivity index (χ4v) is 5.87. The minimum absolute atomic E-state index is 0.0943. The maximum Gasteiger partial charge on any atom is 0.322 e. The molecular formula is C36H33FN4O4. The van der Waals surface area contributed by atoms with E-state index in [-0.39, 0.29) is 37.4 Å². The van der Waals surface area contributed by atoms with Gasteiger partial charge in [0.25, 0.3) is 5.91 Å². The standard InChI is InChI=1S/C36H33FN4O4/c1-2-40-31-23-41(30(20-24-11-5-3-6-12-24)34(42)38-22-25-13-9-15-27(37)19-25)35(43)32(31)33(39-36(40)44)26-14-10-18-29(21-26)45-28-16-7-4-8-17-28/h3-19,21,30,33H,2,20,22-23H2,1H3,(H,38,42)(H,39,44)/t30-,33-/m0/s1. The summed E-state index contributed by atoms with van der Waals surface area (Å²) in [5, 5.41) is 5.91. The molecule has 4 aromatic carbocycles. The predicted molar refractivity (Wildman–Crippen MR) is 168 cm³/mol. The van der Waals surface area contributed by atoms with Crippen molar-refractivity contribution in [1.29, 1.82) is 0 Å². The fraction of sp³-hybridized carbons (Fsp3) is 0.194. The molecule has 2 heterocycles. The van der Waals surface area contributed by atoms with Gasteiger partial charge in [-0.3, -0.25) is 14.5 Å². The number of hydrogen-bond acceptors (Lipinski definition) is 4. The van der Waals surface area contributed by atoms with Crippen molar-refractivity contribution in [2.24, 2.45) is 0 Å². The van der Waals surface area contributed by atoms with Crippen LogP contribution in [-0.4, -0.2) is 46.8 Å². The number of rotatable bonds is 10. The van der Waals surface area contributed by atoms with E-state index in [0.717, 1.165) is 5.56 Å². The number of nitrogens with zero attached hydrogens (tertiary/aromatic N) is 2. The van der Waals surface area contributed by atoms with Gasteiger partial charge in [0.05, 0.1) is 23.9 Å². The Hall–Kier alpha value is -5.44. The molecule has 0 spiro atoms. The SMILES string of the molecule is CCN1C(=O)N[C@@H](c2cccc(Oc3ccccc3)c2)C2=C1CN([C@@H](Cc1ccccc1)C(=O)NCc1cccc(F)c1)C2=O. The van der Waals surface area contributed by atoms with Crippen molar-refractivity contribution < 1.29 is 23.5 Å². The van der Waals surface area contributed by atoms with Gasteiger partial charge in [-0.2, -0.15) is 0 Å². The molecule has 2 atom stereocenters. The van der Waals surface area contributed by atoms with E-state index in [1.165, 1.54) is 12.1 Å². The number of likely N-dealkylation sites (N-methyl/N-ethyl adjacent to an activating group) is 1. The van der Waals surface area contributed by atoms with Gasteiger partial charge in [-0.25, -0.2) is 9.18 Å². The van der Waals surface area contributed by atoms with Gasteiger partial charge in [-0.05, 0) is 60.0 Å². The molecule has 2 N–H and O–H groups in total. The van der Waals surface area contributed by atoms with Crippen LogP contribution in [-0.2, 0) is 22.6 Å². The van der Waals surface area contributed by atoms with Crippen LogP contribution in [0.3, 0.4) is 0 Å². The predicted octanol–water partition coefficient (Wildman–Crippen LogP) is 5.73. The first-order valence-electron chi connectivity index (χ1n) is 14.9. The summed E-state index contributed by atoms with van der Waals surface area (Å²) in [6.07, 6.45) is 0.265. The number of carbonyl (C=O) groups excluding carboxylic acids is 3. The summed E-state index contributed by atoms with van der Waals surface area (Å²) < 4.78 is 19.8. The average Bonchev–Trinajstić information content (AvgIpc) is 3.39. The van der Waals surface area contributed by atoms with Gasteiger partial charge in [0.1, 0.15) is 23.4 Å². The highest BCUT2D eigenvalue weighted by atomic mass is 19.1. The molecule has 0 aliphatic carbocycles. The molecule has 4 amide bonds. The van der Waals surface area contributed by atoms with Gasteiger partial charge in [0.2, 0.25) is 5.91 Å². The number of benzene rings is 4. The van der Waals surface area contributed by atoms with Crippen molar-refractivity contribution in [1.82, 2.24) is 20.4 Å². The third-order valence-corrected chi connectivity index (χ3v) is 8.04. The lowest BCUT2D eigenvalue weighted by Crippen LogP contribution is -2.49. The lowest BCUT2D eigenvalue weighted by atomic mass is 9.95. The van der Waals surface area contributed by atoms with E-state index in [9.17, 15) is 18.8 Å². The Morgan fingerprint density at radius 2 is 1.60 bits per heavy atom. The first-order valence-corrected chi connectivity index (χ1v) is 14.9. The Morgan fingerprint density at radius 1 is 0.911 bits per heavy atom. The van der Waals surface area contributed by atoms with Gasteiger partial charge in [-0.1, -0.05) is 72.8 Å². The molecule has 0 saturated heterocycles. The van der Waals surface area contributed by atoms with E-state index in [0.29, 0.717) is 40.4 Å². The minimum atomic E-state index is -0.874. The van der Waals surface area contributed by atoms with Crippen LogP contribution in [0.15, 0.2) is 120 Å². The molecule has 4 aromatic rings. The number of para-hydroxylation sites is 1. The molecule has 0 saturated carbocycles. The summed E-state index contributed by atoms with van der Waals surface area (Å²) in [4.78, 5) is 44.6. The highest BCUT2D eigenvalue weighted by Crippen LogP contribution is 2.38. The molecular weight excluding hydrogens is 571 g/mol. The van der Waals surface area contributed by atoms with Crippen molar-refractivity contribution in [2.45, 2.75) is 32.0 Å². The molecule has 6 rings (SSSR count). The molecule has 0 bridgehead atoms. The molecule has 2 aliphatic heterocycles. The quantitative estimate of drug-likeness (QED) is 0.242. The van der Waals surface area contributed by atoms with Crippen LogP contribution in [0.4, 0.5) is 9.18 Å². The van der Waals surface area contributed by atoms with E-state index in [4.69, 9.17) is 4.74 Å². The summed E-state index contributed by atoms with van der Waals surface area (Å²) in [7, 11) is 0. The molecule has 0 fully saturated rings. The Kier molecular flexibility index (Phi) is 8.59. The van der Waals surface area contributed by atoms with E-state index in [2.05, 4.69) is 10.6 Å². The van der Waals surface area contributed by atoms with Crippen LogP contribution in [0.5, 0.6) is 11.5 Å². The summed E-state index contributed by atoms with van der Waals surface area (Å²) in [6, 6.07) is 30.2. The third-order valence-electron chi connectivity index (χ3n) is 8.04. The minimum Gasteiger partial charge on any atom is -0.457 e. The van der Waals surface area contributed by atoms with E-state index >= 15 is 0 Å². The van der Waals surface area contributed by atoms with Crippen molar-refractivity contribution in [3.05, 3.63) is 143 Å². The molecule has 0 radical (unpaired) electrons. The zero-order valence-electron chi connectivity index (χ0n) is 24.8. The van der Waals surface area contributed by atoms with Crippen LogP contribution in [0.1, 0.15) is 29.7 Å².